The monoisotopic (exact) mass is 171 g/mol. The van der Waals surface area contributed by atoms with Crippen LogP contribution in [0.1, 0.15) is 32.1 Å². The number of hydrogen-bond donors (Lipinski definition) is 3. The van der Waals surface area contributed by atoms with Gasteiger partial charge in [-0.1, -0.05) is 25.7 Å². The SMILES string of the molecule is NC(=NCCC1CCCC1)NO. The van der Waals surface area contributed by atoms with Crippen LogP contribution in [0.4, 0.5) is 0 Å². The molecule has 1 fully saturated rings. The van der Waals surface area contributed by atoms with Gasteiger partial charge in [0.15, 0.2) is 0 Å². The lowest BCUT2D eigenvalue weighted by Crippen LogP contribution is -2.28. The van der Waals surface area contributed by atoms with Gasteiger partial charge in [0.25, 0.3) is 0 Å². The largest absolute Gasteiger partial charge is 0.368 e. The van der Waals surface area contributed by atoms with E-state index in [2.05, 4.69) is 4.99 Å². The molecule has 0 amide bonds. The molecule has 0 aromatic carbocycles. The minimum Gasteiger partial charge on any atom is -0.368 e. The van der Waals surface area contributed by atoms with Crippen LogP contribution in [0.25, 0.3) is 0 Å². The Labute approximate surface area is 72.8 Å². The summed E-state index contributed by atoms with van der Waals surface area (Å²) in [5.41, 5.74) is 7.06. The number of aliphatic imine (C=N–C) groups is 1. The lowest BCUT2D eigenvalue weighted by Gasteiger charge is -2.05. The van der Waals surface area contributed by atoms with Gasteiger partial charge in [0, 0.05) is 6.54 Å². The van der Waals surface area contributed by atoms with Crippen LogP contribution in [-0.4, -0.2) is 17.7 Å². The van der Waals surface area contributed by atoms with Gasteiger partial charge in [-0.3, -0.25) is 10.2 Å². The second-order valence-corrected chi connectivity index (χ2v) is 3.32. The van der Waals surface area contributed by atoms with Gasteiger partial charge >= 0.3 is 0 Å². The molecule has 1 aliphatic carbocycles. The van der Waals surface area contributed by atoms with E-state index in [1.54, 1.807) is 0 Å². The minimum absolute atomic E-state index is 0.119. The Morgan fingerprint density at radius 3 is 2.75 bits per heavy atom. The summed E-state index contributed by atoms with van der Waals surface area (Å²) >= 11 is 0. The molecule has 0 radical (unpaired) electrons. The summed E-state index contributed by atoms with van der Waals surface area (Å²) in [4.78, 5) is 3.94. The third kappa shape index (κ3) is 3.09. The number of hydrogen-bond acceptors (Lipinski definition) is 2. The van der Waals surface area contributed by atoms with E-state index in [4.69, 9.17) is 10.9 Å². The first-order chi connectivity index (χ1) is 5.83. The van der Waals surface area contributed by atoms with Crippen molar-refractivity contribution in [3.8, 4) is 0 Å². The third-order valence-electron chi connectivity index (χ3n) is 2.41. The van der Waals surface area contributed by atoms with Gasteiger partial charge in [-0.15, -0.1) is 0 Å². The molecule has 0 aromatic rings. The van der Waals surface area contributed by atoms with E-state index < -0.39 is 0 Å². The van der Waals surface area contributed by atoms with Crippen LogP contribution in [0.2, 0.25) is 0 Å². The van der Waals surface area contributed by atoms with Crippen LogP contribution in [0.15, 0.2) is 4.99 Å². The van der Waals surface area contributed by atoms with E-state index in [9.17, 15) is 0 Å². The zero-order chi connectivity index (χ0) is 8.81. The predicted octanol–water partition coefficient (Wildman–Crippen LogP) is 0.860. The molecular weight excluding hydrogens is 154 g/mol. The van der Waals surface area contributed by atoms with E-state index in [0.717, 1.165) is 18.9 Å². The van der Waals surface area contributed by atoms with Gasteiger partial charge in [0.1, 0.15) is 0 Å². The fourth-order valence-corrected chi connectivity index (χ4v) is 1.70. The molecule has 0 atom stereocenters. The quantitative estimate of drug-likeness (QED) is 0.335. The Kier molecular flexibility index (Phi) is 3.87. The number of nitrogens with one attached hydrogen (secondary N) is 1. The Hall–Kier alpha value is -0.770. The van der Waals surface area contributed by atoms with E-state index in [1.807, 2.05) is 5.48 Å². The van der Waals surface area contributed by atoms with Crippen LogP contribution >= 0.6 is 0 Å². The average molecular weight is 171 g/mol. The van der Waals surface area contributed by atoms with Gasteiger partial charge in [-0.05, 0) is 12.3 Å². The highest BCUT2D eigenvalue weighted by molar-refractivity contribution is 5.76. The molecule has 12 heavy (non-hydrogen) atoms. The van der Waals surface area contributed by atoms with Crippen molar-refractivity contribution in [2.45, 2.75) is 32.1 Å². The van der Waals surface area contributed by atoms with Crippen LogP contribution in [0.3, 0.4) is 0 Å². The summed E-state index contributed by atoms with van der Waals surface area (Å²) in [6.07, 6.45) is 6.50. The highest BCUT2D eigenvalue weighted by Crippen LogP contribution is 2.27. The van der Waals surface area contributed by atoms with Gasteiger partial charge in [-0.25, -0.2) is 5.48 Å². The van der Waals surface area contributed by atoms with Crippen molar-refractivity contribution in [1.82, 2.24) is 5.48 Å². The van der Waals surface area contributed by atoms with Crippen molar-refractivity contribution in [2.24, 2.45) is 16.6 Å². The summed E-state index contributed by atoms with van der Waals surface area (Å²) in [7, 11) is 0. The molecule has 4 nitrogen and oxygen atoms in total. The molecular formula is C8H17N3O. The molecule has 0 unspecified atom stereocenters. The standard InChI is InChI=1S/C8H17N3O/c9-8(11-12)10-6-5-7-3-1-2-4-7/h7,12H,1-6H2,(H3,9,10,11). The summed E-state index contributed by atoms with van der Waals surface area (Å²) in [5.74, 6) is 0.952. The van der Waals surface area contributed by atoms with E-state index >= 15 is 0 Å². The fraction of sp³-hybridized carbons (Fsp3) is 0.875. The number of hydroxylamine groups is 1. The summed E-state index contributed by atoms with van der Waals surface area (Å²) in [6.45, 7) is 0.726. The summed E-state index contributed by atoms with van der Waals surface area (Å²) in [5, 5.41) is 8.32. The van der Waals surface area contributed by atoms with Gasteiger partial charge < -0.3 is 5.73 Å². The van der Waals surface area contributed by atoms with Crippen molar-refractivity contribution in [3.05, 3.63) is 0 Å². The first-order valence-corrected chi connectivity index (χ1v) is 4.53. The molecule has 0 saturated heterocycles. The second-order valence-electron chi connectivity index (χ2n) is 3.32. The van der Waals surface area contributed by atoms with E-state index in [0.29, 0.717) is 0 Å². The van der Waals surface area contributed by atoms with Crippen LogP contribution in [-0.2, 0) is 0 Å². The number of guanidine groups is 1. The topological polar surface area (TPSA) is 70.6 Å². The molecule has 0 bridgehead atoms. The molecule has 1 rings (SSSR count). The third-order valence-corrected chi connectivity index (χ3v) is 2.41. The lowest BCUT2D eigenvalue weighted by molar-refractivity contribution is 0.232. The zero-order valence-corrected chi connectivity index (χ0v) is 7.29. The van der Waals surface area contributed by atoms with E-state index in [-0.39, 0.29) is 5.96 Å². The first kappa shape index (κ1) is 9.32. The molecule has 1 aliphatic rings. The normalized spacial score (nSPS) is 19.9. The highest BCUT2D eigenvalue weighted by atomic mass is 16.5. The number of nitrogens with two attached hydrogens (primary N) is 1. The molecule has 70 valence electrons. The molecule has 0 aliphatic heterocycles. The van der Waals surface area contributed by atoms with Crippen LogP contribution in [0, 0.1) is 5.92 Å². The fourth-order valence-electron chi connectivity index (χ4n) is 1.70. The second kappa shape index (κ2) is 4.98. The maximum Gasteiger partial charge on any atom is 0.212 e. The lowest BCUT2D eigenvalue weighted by atomic mass is 10.1. The Morgan fingerprint density at radius 1 is 1.50 bits per heavy atom. The maximum atomic E-state index is 8.32. The van der Waals surface area contributed by atoms with Crippen LogP contribution in [0.5, 0.6) is 0 Å². The minimum atomic E-state index is 0.119. The Balaban J connectivity index is 2.08. The number of nitrogens with zero attached hydrogens (tertiary/aromatic N) is 1. The summed E-state index contributed by atoms with van der Waals surface area (Å²) in [6, 6.07) is 0. The van der Waals surface area contributed by atoms with Crippen molar-refractivity contribution < 1.29 is 5.21 Å². The van der Waals surface area contributed by atoms with Crippen molar-refractivity contribution >= 4 is 5.96 Å². The zero-order valence-electron chi connectivity index (χ0n) is 7.29. The van der Waals surface area contributed by atoms with Gasteiger partial charge in [0.05, 0.1) is 0 Å². The van der Waals surface area contributed by atoms with Gasteiger partial charge in [0.2, 0.25) is 5.96 Å². The first-order valence-electron chi connectivity index (χ1n) is 4.53. The smallest absolute Gasteiger partial charge is 0.212 e. The van der Waals surface area contributed by atoms with Crippen LogP contribution < -0.4 is 11.2 Å². The summed E-state index contributed by atoms with van der Waals surface area (Å²) < 4.78 is 0. The Bertz CT molecular complexity index is 152. The number of rotatable bonds is 3. The molecule has 4 N–H and O–H groups in total. The van der Waals surface area contributed by atoms with Crippen molar-refractivity contribution in [2.75, 3.05) is 6.54 Å². The average Bonchev–Trinajstić information content (AvgIpc) is 2.57. The predicted molar refractivity (Wildman–Crippen MR) is 48.0 cm³/mol. The molecule has 0 aromatic heterocycles. The van der Waals surface area contributed by atoms with E-state index in [1.165, 1.54) is 25.7 Å². The highest BCUT2D eigenvalue weighted by Gasteiger charge is 2.13. The molecule has 4 heteroatoms. The molecule has 0 heterocycles. The molecule has 0 spiro atoms. The van der Waals surface area contributed by atoms with Gasteiger partial charge in [-0.2, -0.15) is 0 Å². The van der Waals surface area contributed by atoms with Crippen molar-refractivity contribution in [1.29, 1.82) is 0 Å². The van der Waals surface area contributed by atoms with Crippen molar-refractivity contribution in [3.63, 3.8) is 0 Å². The maximum absolute atomic E-state index is 8.32. The molecule has 1 saturated carbocycles. The Morgan fingerprint density at radius 2 is 2.17 bits per heavy atom.